The summed E-state index contributed by atoms with van der Waals surface area (Å²) in [5.74, 6) is 0.523. The van der Waals surface area contributed by atoms with Crippen LogP contribution in [0.25, 0.3) is 10.8 Å². The fourth-order valence-electron chi connectivity index (χ4n) is 3.30. The molecular weight excluding hydrogens is 398 g/mol. The molecule has 154 valence electrons. The zero-order chi connectivity index (χ0) is 22.0. The molecule has 4 aromatic rings. The van der Waals surface area contributed by atoms with Crippen molar-refractivity contribution in [2.75, 3.05) is 12.4 Å². The normalized spacial score (nSPS) is 10.6. The highest BCUT2D eigenvalue weighted by Crippen LogP contribution is 2.28. The summed E-state index contributed by atoms with van der Waals surface area (Å²) in [5, 5.41) is 14.9. The number of ketones is 1. The molecule has 0 amide bonds. The molecule has 1 heterocycles. The van der Waals surface area contributed by atoms with Crippen molar-refractivity contribution in [2.45, 2.75) is 0 Å². The highest BCUT2D eigenvalue weighted by Gasteiger charge is 2.20. The van der Waals surface area contributed by atoms with Gasteiger partial charge in [-0.15, -0.1) is 0 Å². The number of benzene rings is 3. The fourth-order valence-corrected chi connectivity index (χ4v) is 3.30. The third kappa shape index (κ3) is 3.86. The molecule has 8 heteroatoms. The molecule has 0 radical (unpaired) electrons. The average Bonchev–Trinajstić information content (AvgIpc) is 2.79. The van der Waals surface area contributed by atoms with E-state index >= 15 is 0 Å². The van der Waals surface area contributed by atoms with Gasteiger partial charge in [0.15, 0.2) is 5.78 Å². The van der Waals surface area contributed by atoms with Gasteiger partial charge in [-0.25, -0.2) is 0 Å². The third-order valence-electron chi connectivity index (χ3n) is 4.86. The lowest BCUT2D eigenvalue weighted by atomic mass is 9.98. The summed E-state index contributed by atoms with van der Waals surface area (Å²) < 4.78 is 5.15. The van der Waals surface area contributed by atoms with Gasteiger partial charge in [-0.1, -0.05) is 18.2 Å². The SMILES string of the molecule is COc1ccc(Nc2[nH]c(=O)c3ccccc3c2C(=O)c2ccc([N+](=O)[O-])cc2)cc1. The highest BCUT2D eigenvalue weighted by atomic mass is 16.6. The summed E-state index contributed by atoms with van der Waals surface area (Å²) in [7, 11) is 1.56. The van der Waals surface area contributed by atoms with Crippen molar-refractivity contribution in [2.24, 2.45) is 0 Å². The number of nitro benzene ring substituents is 1. The predicted octanol–water partition coefficient (Wildman–Crippen LogP) is 4.42. The molecule has 0 bridgehead atoms. The molecule has 0 atom stereocenters. The second-order valence-electron chi connectivity index (χ2n) is 6.74. The van der Waals surface area contributed by atoms with Crippen molar-refractivity contribution in [1.82, 2.24) is 4.98 Å². The van der Waals surface area contributed by atoms with E-state index in [9.17, 15) is 19.7 Å². The van der Waals surface area contributed by atoms with Gasteiger partial charge in [0, 0.05) is 34.2 Å². The first kappa shape index (κ1) is 19.8. The van der Waals surface area contributed by atoms with E-state index < -0.39 is 4.92 Å². The van der Waals surface area contributed by atoms with Gasteiger partial charge in [-0.2, -0.15) is 0 Å². The molecular formula is C23H17N3O5. The third-order valence-corrected chi connectivity index (χ3v) is 4.86. The maximum atomic E-state index is 13.4. The van der Waals surface area contributed by atoms with E-state index in [1.807, 2.05) is 0 Å². The van der Waals surface area contributed by atoms with Crippen molar-refractivity contribution in [3.63, 3.8) is 0 Å². The molecule has 0 aliphatic rings. The summed E-state index contributed by atoms with van der Waals surface area (Å²) in [6.07, 6.45) is 0. The Morgan fingerprint density at radius 3 is 2.23 bits per heavy atom. The number of hydrogen-bond donors (Lipinski definition) is 2. The van der Waals surface area contributed by atoms with E-state index in [2.05, 4.69) is 10.3 Å². The molecule has 4 rings (SSSR count). The van der Waals surface area contributed by atoms with Gasteiger partial charge in [0.2, 0.25) is 0 Å². The maximum Gasteiger partial charge on any atom is 0.269 e. The number of nitrogens with one attached hydrogen (secondary N) is 2. The van der Waals surface area contributed by atoms with Crippen LogP contribution in [0.2, 0.25) is 0 Å². The number of nitro groups is 1. The Bertz CT molecular complexity index is 1340. The number of aromatic nitrogens is 1. The monoisotopic (exact) mass is 415 g/mol. The number of hydrogen-bond acceptors (Lipinski definition) is 6. The molecule has 0 fully saturated rings. The number of nitrogens with zero attached hydrogens (tertiary/aromatic N) is 1. The summed E-state index contributed by atoms with van der Waals surface area (Å²) >= 11 is 0. The Balaban J connectivity index is 1.85. The van der Waals surface area contributed by atoms with Crippen LogP contribution in [0.1, 0.15) is 15.9 Å². The van der Waals surface area contributed by atoms with Gasteiger partial charge in [0.1, 0.15) is 11.6 Å². The molecule has 31 heavy (non-hydrogen) atoms. The largest absolute Gasteiger partial charge is 0.497 e. The first-order chi connectivity index (χ1) is 15.0. The topological polar surface area (TPSA) is 114 Å². The quantitative estimate of drug-likeness (QED) is 0.274. The van der Waals surface area contributed by atoms with Crippen LogP contribution in [0.5, 0.6) is 5.75 Å². The van der Waals surface area contributed by atoms with Crippen molar-refractivity contribution in [3.8, 4) is 5.75 Å². The Hall–Kier alpha value is -4.46. The van der Waals surface area contributed by atoms with Crippen LogP contribution in [0, 0.1) is 10.1 Å². The number of fused-ring (bicyclic) bond motifs is 1. The van der Waals surface area contributed by atoms with Crippen molar-refractivity contribution >= 4 is 33.7 Å². The van der Waals surface area contributed by atoms with Gasteiger partial charge in [-0.05, 0) is 42.5 Å². The predicted molar refractivity (Wildman–Crippen MR) is 117 cm³/mol. The van der Waals surface area contributed by atoms with Gasteiger partial charge >= 0.3 is 0 Å². The van der Waals surface area contributed by atoms with E-state index in [-0.39, 0.29) is 34.0 Å². The molecule has 2 N–H and O–H groups in total. The first-order valence-electron chi connectivity index (χ1n) is 9.33. The summed E-state index contributed by atoms with van der Waals surface area (Å²) in [4.78, 5) is 39.2. The number of non-ortho nitro benzene ring substituents is 1. The molecule has 1 aromatic heterocycles. The Labute approximate surface area is 176 Å². The zero-order valence-electron chi connectivity index (χ0n) is 16.4. The summed E-state index contributed by atoms with van der Waals surface area (Å²) in [6, 6.07) is 19.2. The van der Waals surface area contributed by atoms with Gasteiger partial charge in [-0.3, -0.25) is 19.7 Å². The lowest BCUT2D eigenvalue weighted by molar-refractivity contribution is -0.384. The smallest absolute Gasteiger partial charge is 0.269 e. The molecule has 0 aliphatic heterocycles. The first-order valence-corrected chi connectivity index (χ1v) is 9.33. The number of rotatable bonds is 6. The number of carbonyl (C=O) groups excluding carboxylic acids is 1. The number of methoxy groups -OCH3 is 1. The summed E-state index contributed by atoms with van der Waals surface area (Å²) in [5.41, 5.74) is 0.719. The van der Waals surface area contributed by atoms with Gasteiger partial charge in [0.25, 0.3) is 11.2 Å². The van der Waals surface area contributed by atoms with E-state index in [0.717, 1.165) is 0 Å². The molecule has 0 unspecified atom stereocenters. The fraction of sp³-hybridized carbons (Fsp3) is 0.0435. The highest BCUT2D eigenvalue weighted by molar-refractivity contribution is 6.19. The molecule has 0 saturated carbocycles. The number of anilines is 2. The van der Waals surface area contributed by atoms with Crippen molar-refractivity contribution in [1.29, 1.82) is 0 Å². The minimum atomic E-state index is -0.527. The Morgan fingerprint density at radius 1 is 0.968 bits per heavy atom. The standard InChI is InChI=1S/C23H17N3O5/c1-31-17-12-8-15(9-13-17)24-22-20(18-4-2-3-5-19(18)23(28)25-22)21(27)14-6-10-16(11-7-14)26(29)30/h2-13H,1H3,(H2,24,25,28). The van der Waals surface area contributed by atoms with E-state index in [1.54, 1.807) is 55.6 Å². The Morgan fingerprint density at radius 2 is 1.61 bits per heavy atom. The van der Waals surface area contributed by atoms with Crippen LogP contribution in [0.3, 0.4) is 0 Å². The molecule has 0 aliphatic carbocycles. The molecule has 8 nitrogen and oxygen atoms in total. The van der Waals surface area contributed by atoms with Crippen LogP contribution in [-0.4, -0.2) is 22.8 Å². The number of pyridine rings is 1. The lowest BCUT2D eigenvalue weighted by Crippen LogP contribution is -2.16. The lowest BCUT2D eigenvalue weighted by Gasteiger charge is -2.14. The van der Waals surface area contributed by atoms with Crippen LogP contribution in [0.15, 0.2) is 77.6 Å². The van der Waals surface area contributed by atoms with Crippen LogP contribution >= 0.6 is 0 Å². The average molecular weight is 415 g/mol. The number of aromatic amines is 1. The second-order valence-corrected chi connectivity index (χ2v) is 6.74. The number of H-pyrrole nitrogens is 1. The number of carbonyl (C=O) groups is 1. The van der Waals surface area contributed by atoms with Gasteiger partial charge < -0.3 is 15.0 Å². The minimum Gasteiger partial charge on any atom is -0.497 e. The van der Waals surface area contributed by atoms with Crippen molar-refractivity contribution in [3.05, 3.63) is 104 Å². The van der Waals surface area contributed by atoms with Crippen LogP contribution in [0.4, 0.5) is 17.2 Å². The van der Waals surface area contributed by atoms with Crippen LogP contribution < -0.4 is 15.6 Å². The van der Waals surface area contributed by atoms with Crippen LogP contribution in [-0.2, 0) is 0 Å². The summed E-state index contributed by atoms with van der Waals surface area (Å²) in [6.45, 7) is 0. The molecule has 0 spiro atoms. The van der Waals surface area contributed by atoms with E-state index in [4.69, 9.17) is 4.74 Å². The van der Waals surface area contributed by atoms with Gasteiger partial charge in [0.05, 0.1) is 17.6 Å². The maximum absolute atomic E-state index is 13.4. The molecule has 0 saturated heterocycles. The van der Waals surface area contributed by atoms with Crippen molar-refractivity contribution < 1.29 is 14.5 Å². The zero-order valence-corrected chi connectivity index (χ0v) is 16.4. The number of ether oxygens (including phenoxy) is 1. The van der Waals surface area contributed by atoms with E-state index in [0.29, 0.717) is 22.2 Å². The second kappa shape index (κ2) is 8.11. The molecule has 3 aromatic carbocycles. The Kier molecular flexibility index (Phi) is 5.19. The van der Waals surface area contributed by atoms with E-state index in [1.165, 1.54) is 24.3 Å². The minimum absolute atomic E-state index is 0.112.